The molecule has 3 rings (SSSR count). The van der Waals surface area contributed by atoms with E-state index in [1.165, 1.54) is 16.9 Å². The summed E-state index contributed by atoms with van der Waals surface area (Å²) < 4.78 is 5.26. The molecule has 0 aliphatic heterocycles. The number of thiophene rings is 1. The second-order valence-corrected chi connectivity index (χ2v) is 6.37. The van der Waals surface area contributed by atoms with Gasteiger partial charge in [-0.3, -0.25) is 0 Å². The molecule has 0 spiro atoms. The van der Waals surface area contributed by atoms with Gasteiger partial charge in [0.05, 0.1) is 5.69 Å². The van der Waals surface area contributed by atoms with Gasteiger partial charge in [-0.2, -0.15) is 0 Å². The molecule has 0 fully saturated rings. The van der Waals surface area contributed by atoms with E-state index in [0.29, 0.717) is 4.88 Å². The van der Waals surface area contributed by atoms with Crippen LogP contribution >= 0.6 is 22.7 Å². The molecule has 0 N–H and O–H groups in total. The zero-order valence-electron chi connectivity index (χ0n) is 11.4. The van der Waals surface area contributed by atoms with Crippen LogP contribution in [0.4, 0.5) is 0 Å². The lowest BCUT2D eigenvalue weighted by molar-refractivity contribution is 0.0474. The van der Waals surface area contributed by atoms with E-state index in [9.17, 15) is 4.79 Å². The molecule has 5 heteroatoms. The summed E-state index contributed by atoms with van der Waals surface area (Å²) in [6.07, 6.45) is 0. The first-order valence-corrected chi connectivity index (χ1v) is 8.20. The third kappa shape index (κ3) is 3.37. The first kappa shape index (κ1) is 14.0. The molecule has 0 saturated carbocycles. The van der Waals surface area contributed by atoms with Gasteiger partial charge >= 0.3 is 5.97 Å². The summed E-state index contributed by atoms with van der Waals surface area (Å²) in [5.41, 5.74) is 3.09. The van der Waals surface area contributed by atoms with Gasteiger partial charge in [-0.05, 0) is 18.4 Å². The second kappa shape index (κ2) is 6.20. The van der Waals surface area contributed by atoms with Crippen LogP contribution in [0.25, 0.3) is 10.6 Å². The van der Waals surface area contributed by atoms with Gasteiger partial charge in [0.25, 0.3) is 0 Å². The van der Waals surface area contributed by atoms with E-state index in [2.05, 4.69) is 36.2 Å². The number of aryl methyl sites for hydroxylation is 1. The maximum absolute atomic E-state index is 11.8. The van der Waals surface area contributed by atoms with E-state index in [4.69, 9.17) is 4.74 Å². The Hall–Kier alpha value is -1.98. The summed E-state index contributed by atoms with van der Waals surface area (Å²) in [5, 5.41) is 4.73. The van der Waals surface area contributed by atoms with Crippen LogP contribution in [-0.4, -0.2) is 11.0 Å². The van der Waals surface area contributed by atoms with Crippen molar-refractivity contribution in [3.63, 3.8) is 0 Å². The van der Waals surface area contributed by atoms with Crippen molar-refractivity contribution < 1.29 is 9.53 Å². The van der Waals surface area contributed by atoms with E-state index in [1.807, 2.05) is 16.8 Å². The Kier molecular flexibility index (Phi) is 4.13. The summed E-state index contributed by atoms with van der Waals surface area (Å²) in [7, 11) is 0. The zero-order valence-corrected chi connectivity index (χ0v) is 13.0. The monoisotopic (exact) mass is 315 g/mol. The fourth-order valence-corrected chi connectivity index (χ4v) is 3.23. The summed E-state index contributed by atoms with van der Waals surface area (Å²) in [4.78, 5) is 16.9. The van der Waals surface area contributed by atoms with Crippen molar-refractivity contribution >= 4 is 28.6 Å². The Morgan fingerprint density at radius 3 is 2.71 bits per heavy atom. The predicted molar refractivity (Wildman–Crippen MR) is 85.7 cm³/mol. The summed E-state index contributed by atoms with van der Waals surface area (Å²) in [6.45, 7) is 2.26. The number of ether oxygens (including phenoxy) is 1. The topological polar surface area (TPSA) is 39.2 Å². The van der Waals surface area contributed by atoms with E-state index in [-0.39, 0.29) is 12.6 Å². The van der Waals surface area contributed by atoms with Gasteiger partial charge in [-0.1, -0.05) is 35.9 Å². The number of carbonyl (C=O) groups is 1. The molecule has 2 aromatic heterocycles. The lowest BCUT2D eigenvalue weighted by atomic mass is 10.2. The van der Waals surface area contributed by atoms with Crippen LogP contribution in [0.3, 0.4) is 0 Å². The van der Waals surface area contributed by atoms with Crippen molar-refractivity contribution in [3.05, 3.63) is 63.3 Å². The van der Waals surface area contributed by atoms with Gasteiger partial charge in [-0.15, -0.1) is 22.7 Å². The quantitative estimate of drug-likeness (QED) is 0.664. The number of aromatic nitrogens is 1. The molecule has 0 aliphatic carbocycles. The van der Waals surface area contributed by atoms with Crippen molar-refractivity contribution in [2.24, 2.45) is 0 Å². The average Bonchev–Trinajstić information content (AvgIpc) is 3.17. The van der Waals surface area contributed by atoms with Crippen molar-refractivity contribution in [2.75, 3.05) is 0 Å². The largest absolute Gasteiger partial charge is 0.455 e. The summed E-state index contributed by atoms with van der Waals surface area (Å²) >= 11 is 2.94. The Morgan fingerprint density at radius 2 is 2.00 bits per heavy atom. The average molecular weight is 315 g/mol. The van der Waals surface area contributed by atoms with Crippen molar-refractivity contribution in [1.29, 1.82) is 0 Å². The predicted octanol–water partition coefficient (Wildman–Crippen LogP) is 4.54. The molecule has 3 nitrogen and oxygen atoms in total. The maximum atomic E-state index is 11.8. The fourth-order valence-electron chi connectivity index (χ4n) is 1.81. The molecule has 0 amide bonds. The Labute approximate surface area is 130 Å². The van der Waals surface area contributed by atoms with Crippen LogP contribution in [0.5, 0.6) is 0 Å². The minimum atomic E-state index is -0.296. The van der Waals surface area contributed by atoms with Crippen LogP contribution in [0, 0.1) is 6.92 Å². The van der Waals surface area contributed by atoms with Crippen molar-refractivity contribution in [2.45, 2.75) is 13.5 Å². The van der Waals surface area contributed by atoms with Crippen molar-refractivity contribution in [3.8, 4) is 10.6 Å². The first-order chi connectivity index (χ1) is 10.2. The van der Waals surface area contributed by atoms with Crippen LogP contribution < -0.4 is 0 Å². The molecule has 0 aliphatic rings. The molecule has 0 unspecified atom stereocenters. The number of esters is 1. The number of carbonyl (C=O) groups excluding carboxylic acids is 1. The van der Waals surface area contributed by atoms with Gasteiger partial charge in [0, 0.05) is 10.9 Å². The van der Waals surface area contributed by atoms with Gasteiger partial charge in [-0.25, -0.2) is 9.78 Å². The third-order valence-electron chi connectivity index (χ3n) is 2.92. The number of thiazole rings is 1. The Morgan fingerprint density at radius 1 is 1.19 bits per heavy atom. The van der Waals surface area contributed by atoms with Gasteiger partial charge in [0.1, 0.15) is 16.5 Å². The van der Waals surface area contributed by atoms with Gasteiger partial charge < -0.3 is 4.74 Å². The number of rotatable bonds is 4. The molecule has 106 valence electrons. The molecule has 0 atom stereocenters. The molecule has 0 radical (unpaired) electrons. The molecular weight excluding hydrogens is 302 g/mol. The fraction of sp³-hybridized carbons (Fsp3) is 0.125. The molecule has 3 aromatic rings. The zero-order chi connectivity index (χ0) is 14.7. The highest BCUT2D eigenvalue weighted by molar-refractivity contribution is 7.13. The third-order valence-corrected chi connectivity index (χ3v) is 4.71. The van der Waals surface area contributed by atoms with Gasteiger partial charge in [0.15, 0.2) is 0 Å². The normalized spacial score (nSPS) is 10.5. The number of hydrogen-bond acceptors (Lipinski definition) is 5. The lowest BCUT2D eigenvalue weighted by Gasteiger charge is -2.00. The minimum Gasteiger partial charge on any atom is -0.455 e. The molecule has 1 aromatic carbocycles. The van der Waals surface area contributed by atoms with E-state index < -0.39 is 0 Å². The highest BCUT2D eigenvalue weighted by Crippen LogP contribution is 2.24. The number of hydrogen-bond donors (Lipinski definition) is 0. The van der Waals surface area contributed by atoms with Crippen LogP contribution in [0.2, 0.25) is 0 Å². The number of nitrogens with zero attached hydrogens (tertiary/aromatic N) is 1. The molecule has 2 heterocycles. The standard InChI is InChI=1S/C16H13NO2S2/c1-11-4-6-12(7-5-11)15-17-13(10-21-15)9-19-16(18)14-3-2-8-20-14/h2-8,10H,9H2,1H3. The maximum Gasteiger partial charge on any atom is 0.348 e. The van der Waals surface area contributed by atoms with E-state index in [1.54, 1.807) is 17.4 Å². The highest BCUT2D eigenvalue weighted by atomic mass is 32.1. The highest BCUT2D eigenvalue weighted by Gasteiger charge is 2.10. The summed E-state index contributed by atoms with van der Waals surface area (Å²) in [6, 6.07) is 11.8. The van der Waals surface area contributed by atoms with Crippen LogP contribution in [0.1, 0.15) is 20.9 Å². The number of benzene rings is 1. The Bertz CT molecular complexity index is 730. The summed E-state index contributed by atoms with van der Waals surface area (Å²) in [5.74, 6) is -0.296. The molecule has 21 heavy (non-hydrogen) atoms. The molecule has 0 saturated heterocycles. The smallest absolute Gasteiger partial charge is 0.348 e. The van der Waals surface area contributed by atoms with Gasteiger partial charge in [0.2, 0.25) is 0 Å². The van der Waals surface area contributed by atoms with Crippen LogP contribution in [0.15, 0.2) is 47.2 Å². The van der Waals surface area contributed by atoms with Crippen LogP contribution in [-0.2, 0) is 11.3 Å². The first-order valence-electron chi connectivity index (χ1n) is 6.44. The second-order valence-electron chi connectivity index (χ2n) is 4.56. The SMILES string of the molecule is Cc1ccc(-c2nc(COC(=O)c3cccs3)cs2)cc1. The lowest BCUT2D eigenvalue weighted by Crippen LogP contribution is -2.03. The molecule has 0 bridgehead atoms. The Balaban J connectivity index is 1.65. The van der Waals surface area contributed by atoms with Crippen molar-refractivity contribution in [1.82, 2.24) is 4.98 Å². The van der Waals surface area contributed by atoms with E-state index >= 15 is 0 Å². The van der Waals surface area contributed by atoms with E-state index in [0.717, 1.165) is 16.3 Å². The minimum absolute atomic E-state index is 0.207. The molecular formula is C16H13NO2S2.